The fourth-order valence-corrected chi connectivity index (χ4v) is 1.87. The van der Waals surface area contributed by atoms with Crippen molar-refractivity contribution in [2.24, 2.45) is 0 Å². The van der Waals surface area contributed by atoms with Crippen molar-refractivity contribution in [2.75, 3.05) is 19.8 Å². The molecule has 1 saturated heterocycles. The molecule has 1 aromatic rings. The molecule has 0 unspecified atom stereocenters. The van der Waals surface area contributed by atoms with E-state index in [-0.39, 0.29) is 5.91 Å². The van der Waals surface area contributed by atoms with E-state index in [9.17, 15) is 4.79 Å². The predicted molar refractivity (Wildman–Crippen MR) is 59.1 cm³/mol. The average molecular weight is 204 g/mol. The standard InChI is InChI=1S/C12H16N2O/c1-11(15)14-8-7-13(10-14)9-12-5-3-2-4-6-12/h2-6H,7-10H2,1H3. The Labute approximate surface area is 90.3 Å². The van der Waals surface area contributed by atoms with Gasteiger partial charge in [0.25, 0.3) is 0 Å². The number of carbonyl (C=O) groups excluding carboxylic acids is 1. The van der Waals surface area contributed by atoms with E-state index in [4.69, 9.17) is 0 Å². The minimum absolute atomic E-state index is 0.172. The van der Waals surface area contributed by atoms with Gasteiger partial charge < -0.3 is 4.90 Å². The lowest BCUT2D eigenvalue weighted by atomic mass is 10.2. The normalized spacial score (nSPS) is 17.0. The molecule has 1 aromatic carbocycles. The Kier molecular flexibility index (Phi) is 3.02. The van der Waals surface area contributed by atoms with Gasteiger partial charge in [-0.05, 0) is 5.56 Å². The quantitative estimate of drug-likeness (QED) is 0.725. The first-order valence-corrected chi connectivity index (χ1v) is 5.27. The Hall–Kier alpha value is -1.35. The van der Waals surface area contributed by atoms with Crippen molar-refractivity contribution < 1.29 is 4.79 Å². The minimum atomic E-state index is 0.172. The first kappa shape index (κ1) is 10.2. The molecule has 1 amide bonds. The van der Waals surface area contributed by atoms with Gasteiger partial charge in [-0.3, -0.25) is 9.69 Å². The van der Waals surface area contributed by atoms with Gasteiger partial charge in [-0.2, -0.15) is 0 Å². The third-order valence-electron chi connectivity index (χ3n) is 2.75. The van der Waals surface area contributed by atoms with Crippen LogP contribution < -0.4 is 0 Å². The summed E-state index contributed by atoms with van der Waals surface area (Å²) in [5.41, 5.74) is 1.31. The van der Waals surface area contributed by atoms with Crippen molar-refractivity contribution in [3.63, 3.8) is 0 Å². The van der Waals surface area contributed by atoms with Crippen LogP contribution in [0.3, 0.4) is 0 Å². The number of carbonyl (C=O) groups is 1. The Balaban J connectivity index is 1.90. The smallest absolute Gasteiger partial charge is 0.220 e. The number of nitrogens with zero attached hydrogens (tertiary/aromatic N) is 2. The summed E-state index contributed by atoms with van der Waals surface area (Å²) in [4.78, 5) is 15.3. The molecule has 2 rings (SSSR count). The summed E-state index contributed by atoms with van der Waals surface area (Å²) < 4.78 is 0. The monoisotopic (exact) mass is 204 g/mol. The van der Waals surface area contributed by atoms with Crippen LogP contribution in [0.1, 0.15) is 12.5 Å². The van der Waals surface area contributed by atoms with Crippen molar-refractivity contribution in [3.8, 4) is 0 Å². The average Bonchev–Trinajstić information content (AvgIpc) is 2.68. The fraction of sp³-hybridized carbons (Fsp3) is 0.417. The van der Waals surface area contributed by atoms with Gasteiger partial charge in [-0.15, -0.1) is 0 Å². The minimum Gasteiger partial charge on any atom is -0.329 e. The lowest BCUT2D eigenvalue weighted by Gasteiger charge is -2.16. The highest BCUT2D eigenvalue weighted by atomic mass is 16.2. The van der Waals surface area contributed by atoms with Crippen molar-refractivity contribution in [2.45, 2.75) is 13.5 Å². The van der Waals surface area contributed by atoms with Crippen molar-refractivity contribution in [1.29, 1.82) is 0 Å². The Morgan fingerprint density at radius 3 is 2.60 bits per heavy atom. The van der Waals surface area contributed by atoms with Crippen LogP contribution >= 0.6 is 0 Å². The molecule has 3 nitrogen and oxygen atoms in total. The zero-order chi connectivity index (χ0) is 10.7. The molecule has 1 aliphatic heterocycles. The summed E-state index contributed by atoms with van der Waals surface area (Å²) in [5, 5.41) is 0. The molecular weight excluding hydrogens is 188 g/mol. The maximum absolute atomic E-state index is 11.1. The summed E-state index contributed by atoms with van der Waals surface area (Å²) in [6.07, 6.45) is 0. The van der Waals surface area contributed by atoms with Gasteiger partial charge in [0, 0.05) is 26.6 Å². The molecule has 0 saturated carbocycles. The lowest BCUT2D eigenvalue weighted by Crippen LogP contribution is -2.28. The summed E-state index contributed by atoms with van der Waals surface area (Å²) in [6, 6.07) is 10.4. The Morgan fingerprint density at radius 2 is 2.00 bits per heavy atom. The van der Waals surface area contributed by atoms with Gasteiger partial charge in [-0.25, -0.2) is 0 Å². The van der Waals surface area contributed by atoms with E-state index in [1.165, 1.54) is 5.56 Å². The molecule has 0 radical (unpaired) electrons. The number of benzene rings is 1. The van der Waals surface area contributed by atoms with Crippen LogP contribution in [0.4, 0.5) is 0 Å². The van der Waals surface area contributed by atoms with E-state index in [1.54, 1.807) is 6.92 Å². The van der Waals surface area contributed by atoms with Crippen molar-refractivity contribution >= 4 is 5.91 Å². The molecular formula is C12H16N2O. The zero-order valence-electron chi connectivity index (χ0n) is 9.02. The molecule has 0 aromatic heterocycles. The van der Waals surface area contributed by atoms with Crippen LogP contribution in [-0.2, 0) is 11.3 Å². The molecule has 0 N–H and O–H groups in total. The second kappa shape index (κ2) is 4.45. The largest absolute Gasteiger partial charge is 0.329 e. The van der Waals surface area contributed by atoms with E-state index in [1.807, 2.05) is 23.1 Å². The summed E-state index contributed by atoms with van der Waals surface area (Å²) in [7, 11) is 0. The van der Waals surface area contributed by atoms with E-state index in [2.05, 4.69) is 17.0 Å². The molecule has 1 heterocycles. The molecule has 0 bridgehead atoms. The summed E-state index contributed by atoms with van der Waals surface area (Å²) >= 11 is 0. The highest BCUT2D eigenvalue weighted by molar-refractivity contribution is 5.73. The van der Waals surface area contributed by atoms with Crippen LogP contribution in [0.25, 0.3) is 0 Å². The van der Waals surface area contributed by atoms with Crippen molar-refractivity contribution in [3.05, 3.63) is 35.9 Å². The molecule has 0 spiro atoms. The molecule has 80 valence electrons. The van der Waals surface area contributed by atoms with E-state index in [0.29, 0.717) is 0 Å². The highest BCUT2D eigenvalue weighted by Gasteiger charge is 2.21. The zero-order valence-corrected chi connectivity index (χ0v) is 9.02. The molecule has 1 fully saturated rings. The van der Waals surface area contributed by atoms with Crippen LogP contribution in [0.2, 0.25) is 0 Å². The third-order valence-corrected chi connectivity index (χ3v) is 2.75. The predicted octanol–water partition coefficient (Wildman–Crippen LogP) is 1.31. The number of rotatable bonds is 2. The number of amides is 1. The van der Waals surface area contributed by atoms with Gasteiger partial charge in [0.05, 0.1) is 6.67 Å². The maximum Gasteiger partial charge on any atom is 0.220 e. The summed E-state index contributed by atoms with van der Waals surface area (Å²) in [6.45, 7) is 5.18. The Morgan fingerprint density at radius 1 is 1.27 bits per heavy atom. The SMILES string of the molecule is CC(=O)N1CCN(Cc2ccccc2)C1. The molecule has 0 atom stereocenters. The molecule has 15 heavy (non-hydrogen) atoms. The van der Waals surface area contributed by atoms with Crippen LogP contribution in [0, 0.1) is 0 Å². The topological polar surface area (TPSA) is 23.6 Å². The van der Waals surface area contributed by atoms with Crippen LogP contribution in [0.15, 0.2) is 30.3 Å². The van der Waals surface area contributed by atoms with Crippen LogP contribution in [-0.4, -0.2) is 35.5 Å². The molecule has 3 heteroatoms. The molecule has 0 aliphatic carbocycles. The van der Waals surface area contributed by atoms with Gasteiger partial charge in [0.15, 0.2) is 0 Å². The van der Waals surface area contributed by atoms with E-state index >= 15 is 0 Å². The highest BCUT2D eigenvalue weighted by Crippen LogP contribution is 2.10. The first-order chi connectivity index (χ1) is 7.25. The Bertz CT molecular complexity index is 337. The lowest BCUT2D eigenvalue weighted by molar-refractivity contribution is -0.128. The third kappa shape index (κ3) is 2.57. The van der Waals surface area contributed by atoms with E-state index in [0.717, 1.165) is 26.3 Å². The van der Waals surface area contributed by atoms with Gasteiger partial charge in [0.2, 0.25) is 5.91 Å². The number of hydrogen-bond acceptors (Lipinski definition) is 2. The van der Waals surface area contributed by atoms with Crippen LogP contribution in [0.5, 0.6) is 0 Å². The van der Waals surface area contributed by atoms with Gasteiger partial charge in [0.1, 0.15) is 0 Å². The first-order valence-electron chi connectivity index (χ1n) is 5.27. The molecule has 1 aliphatic rings. The number of hydrogen-bond donors (Lipinski definition) is 0. The maximum atomic E-state index is 11.1. The van der Waals surface area contributed by atoms with Gasteiger partial charge >= 0.3 is 0 Å². The second-order valence-electron chi connectivity index (χ2n) is 3.96. The fourth-order valence-electron chi connectivity index (χ4n) is 1.87. The van der Waals surface area contributed by atoms with E-state index < -0.39 is 0 Å². The van der Waals surface area contributed by atoms with Gasteiger partial charge in [-0.1, -0.05) is 30.3 Å². The summed E-state index contributed by atoms with van der Waals surface area (Å²) in [5.74, 6) is 0.172. The second-order valence-corrected chi connectivity index (χ2v) is 3.96. The van der Waals surface area contributed by atoms with Crippen molar-refractivity contribution in [1.82, 2.24) is 9.80 Å².